The Balaban J connectivity index is 1.39. The van der Waals surface area contributed by atoms with Crippen molar-refractivity contribution in [3.63, 3.8) is 0 Å². The van der Waals surface area contributed by atoms with Gasteiger partial charge >= 0.3 is 0 Å². The van der Waals surface area contributed by atoms with E-state index in [1.807, 2.05) is 6.92 Å². The number of carbonyl (C=O) groups is 2. The standard InChI is InChI=1S/C19H30N4O2S/c1-13-5-3-4-6-16(13)22-17(24)11-23-9-7-15(8-10-23)21-19(25)18-14(2)20-12-26-18/h12-13,15-16H,3-11H2,1-2H3,(H,21,25)(H,22,24). The lowest BCUT2D eigenvalue weighted by molar-refractivity contribution is -0.123. The van der Waals surface area contributed by atoms with Crippen LogP contribution in [-0.2, 0) is 4.79 Å². The summed E-state index contributed by atoms with van der Waals surface area (Å²) in [4.78, 5) is 31.7. The van der Waals surface area contributed by atoms with Gasteiger partial charge in [-0.3, -0.25) is 14.5 Å². The average molecular weight is 379 g/mol. The molecule has 0 spiro atoms. The molecule has 2 amide bonds. The third-order valence-corrected chi connectivity index (χ3v) is 6.63. The SMILES string of the molecule is Cc1ncsc1C(=O)NC1CCN(CC(=O)NC2CCCCC2C)CC1. The van der Waals surface area contributed by atoms with Gasteiger partial charge in [-0.2, -0.15) is 0 Å². The van der Waals surface area contributed by atoms with E-state index in [-0.39, 0.29) is 17.9 Å². The number of likely N-dealkylation sites (tertiary alicyclic amines) is 1. The minimum Gasteiger partial charge on any atom is -0.352 e. The maximum absolute atomic E-state index is 12.3. The van der Waals surface area contributed by atoms with Gasteiger partial charge in [0.1, 0.15) is 4.88 Å². The lowest BCUT2D eigenvalue weighted by atomic mass is 9.86. The van der Waals surface area contributed by atoms with Crippen molar-refractivity contribution in [3.05, 3.63) is 16.1 Å². The molecule has 6 nitrogen and oxygen atoms in total. The molecule has 2 N–H and O–H groups in total. The number of aryl methyl sites for hydroxylation is 1. The molecule has 144 valence electrons. The summed E-state index contributed by atoms with van der Waals surface area (Å²) in [6.07, 6.45) is 6.61. The second-order valence-corrected chi connectivity index (χ2v) is 8.58. The Kier molecular flexibility index (Phi) is 6.64. The predicted octanol–water partition coefficient (Wildman–Crippen LogP) is 2.34. The maximum atomic E-state index is 12.3. The number of rotatable bonds is 5. The Morgan fingerprint density at radius 1 is 1.19 bits per heavy atom. The molecular formula is C19H30N4O2S. The van der Waals surface area contributed by atoms with Crippen LogP contribution in [0, 0.1) is 12.8 Å². The third kappa shape index (κ3) is 5.04. The summed E-state index contributed by atoms with van der Waals surface area (Å²) in [5.41, 5.74) is 2.50. The van der Waals surface area contributed by atoms with Crippen molar-refractivity contribution < 1.29 is 9.59 Å². The lowest BCUT2D eigenvalue weighted by Crippen LogP contribution is -2.49. The molecule has 1 aromatic rings. The van der Waals surface area contributed by atoms with E-state index in [0.29, 0.717) is 23.4 Å². The van der Waals surface area contributed by atoms with Crippen LogP contribution in [0.15, 0.2) is 5.51 Å². The number of hydrogen-bond acceptors (Lipinski definition) is 5. The second kappa shape index (κ2) is 8.95. The zero-order valence-corrected chi connectivity index (χ0v) is 16.6. The summed E-state index contributed by atoms with van der Waals surface area (Å²) >= 11 is 1.39. The zero-order valence-electron chi connectivity index (χ0n) is 15.8. The van der Waals surface area contributed by atoms with Crippen LogP contribution in [0.3, 0.4) is 0 Å². The quantitative estimate of drug-likeness (QED) is 0.825. The van der Waals surface area contributed by atoms with Crippen LogP contribution in [0.5, 0.6) is 0 Å². The van der Waals surface area contributed by atoms with Crippen LogP contribution in [-0.4, -0.2) is 53.4 Å². The van der Waals surface area contributed by atoms with Crippen LogP contribution in [0.25, 0.3) is 0 Å². The first-order chi connectivity index (χ1) is 12.5. The van der Waals surface area contributed by atoms with Crippen molar-refractivity contribution >= 4 is 23.2 Å². The number of nitrogens with zero attached hydrogens (tertiary/aromatic N) is 2. The summed E-state index contributed by atoms with van der Waals surface area (Å²) in [5.74, 6) is 0.711. The highest BCUT2D eigenvalue weighted by Gasteiger charge is 2.26. The number of piperidine rings is 1. The van der Waals surface area contributed by atoms with Crippen LogP contribution in [0.2, 0.25) is 0 Å². The normalized spacial score (nSPS) is 25.0. The zero-order chi connectivity index (χ0) is 18.5. The molecule has 0 aromatic carbocycles. The van der Waals surface area contributed by atoms with Gasteiger partial charge in [0.15, 0.2) is 0 Å². The van der Waals surface area contributed by atoms with Crippen LogP contribution in [0.1, 0.15) is 60.8 Å². The average Bonchev–Trinajstić information content (AvgIpc) is 3.05. The van der Waals surface area contributed by atoms with Gasteiger partial charge in [-0.25, -0.2) is 4.98 Å². The van der Waals surface area contributed by atoms with Crippen LogP contribution >= 0.6 is 11.3 Å². The van der Waals surface area contributed by atoms with E-state index >= 15 is 0 Å². The largest absolute Gasteiger partial charge is 0.352 e. The summed E-state index contributed by atoms with van der Waals surface area (Å²) in [6.45, 7) is 6.27. The van der Waals surface area contributed by atoms with Crippen molar-refractivity contribution in [1.82, 2.24) is 20.5 Å². The van der Waals surface area contributed by atoms with Gasteiger partial charge in [-0.15, -0.1) is 11.3 Å². The molecule has 2 fully saturated rings. The highest BCUT2D eigenvalue weighted by molar-refractivity contribution is 7.11. The van der Waals surface area contributed by atoms with Gasteiger partial charge in [0, 0.05) is 25.2 Å². The fourth-order valence-electron chi connectivity index (χ4n) is 3.99. The van der Waals surface area contributed by atoms with E-state index in [1.54, 1.807) is 5.51 Å². The fourth-order valence-corrected chi connectivity index (χ4v) is 4.70. The molecule has 1 aliphatic heterocycles. The molecule has 2 atom stereocenters. The highest BCUT2D eigenvalue weighted by atomic mass is 32.1. The van der Waals surface area contributed by atoms with Crippen LogP contribution < -0.4 is 10.6 Å². The second-order valence-electron chi connectivity index (χ2n) is 7.73. The molecular weight excluding hydrogens is 348 g/mol. The molecule has 2 unspecified atom stereocenters. The molecule has 1 aliphatic carbocycles. The first kappa shape index (κ1) is 19.3. The van der Waals surface area contributed by atoms with Crippen molar-refractivity contribution in [2.75, 3.05) is 19.6 Å². The summed E-state index contributed by atoms with van der Waals surface area (Å²) in [6, 6.07) is 0.525. The Labute approximate surface area is 159 Å². The number of carbonyl (C=O) groups excluding carboxylic acids is 2. The smallest absolute Gasteiger partial charge is 0.263 e. The number of aromatic nitrogens is 1. The van der Waals surface area contributed by atoms with Gasteiger partial charge in [-0.1, -0.05) is 19.8 Å². The first-order valence-corrected chi connectivity index (χ1v) is 10.6. The topological polar surface area (TPSA) is 74.3 Å². The first-order valence-electron chi connectivity index (χ1n) is 9.75. The Morgan fingerprint density at radius 2 is 1.92 bits per heavy atom. The van der Waals surface area contributed by atoms with E-state index in [0.717, 1.165) is 38.0 Å². The monoisotopic (exact) mass is 378 g/mol. The molecule has 7 heteroatoms. The Bertz CT molecular complexity index is 625. The minimum absolute atomic E-state index is 0.0209. The van der Waals surface area contributed by atoms with Gasteiger partial charge in [0.05, 0.1) is 17.7 Å². The molecule has 1 saturated heterocycles. The van der Waals surface area contributed by atoms with E-state index in [1.165, 1.54) is 30.6 Å². The van der Waals surface area contributed by atoms with Crippen molar-refractivity contribution in [2.24, 2.45) is 5.92 Å². The number of amides is 2. The van der Waals surface area contributed by atoms with Gasteiger partial charge in [0.25, 0.3) is 5.91 Å². The molecule has 0 radical (unpaired) electrons. The maximum Gasteiger partial charge on any atom is 0.263 e. The number of nitrogens with one attached hydrogen (secondary N) is 2. The van der Waals surface area contributed by atoms with Crippen molar-refractivity contribution in [1.29, 1.82) is 0 Å². The van der Waals surface area contributed by atoms with E-state index in [9.17, 15) is 9.59 Å². The fraction of sp³-hybridized carbons (Fsp3) is 0.737. The molecule has 2 aliphatic rings. The van der Waals surface area contributed by atoms with Crippen molar-refractivity contribution in [3.8, 4) is 0 Å². The van der Waals surface area contributed by atoms with E-state index < -0.39 is 0 Å². The number of hydrogen-bond donors (Lipinski definition) is 2. The van der Waals surface area contributed by atoms with E-state index in [4.69, 9.17) is 0 Å². The third-order valence-electron chi connectivity index (χ3n) is 5.70. The molecule has 26 heavy (non-hydrogen) atoms. The molecule has 1 saturated carbocycles. The van der Waals surface area contributed by atoms with Gasteiger partial charge in [-0.05, 0) is 38.5 Å². The molecule has 3 rings (SSSR count). The summed E-state index contributed by atoms with van der Waals surface area (Å²) < 4.78 is 0. The summed E-state index contributed by atoms with van der Waals surface area (Å²) in [5, 5.41) is 6.34. The Morgan fingerprint density at radius 3 is 2.58 bits per heavy atom. The molecule has 0 bridgehead atoms. The van der Waals surface area contributed by atoms with Gasteiger partial charge in [0.2, 0.25) is 5.91 Å². The number of thiazole rings is 1. The van der Waals surface area contributed by atoms with Gasteiger partial charge < -0.3 is 10.6 Å². The lowest BCUT2D eigenvalue weighted by Gasteiger charge is -2.33. The minimum atomic E-state index is -0.0209. The molecule has 1 aromatic heterocycles. The molecule has 2 heterocycles. The Hall–Kier alpha value is -1.47. The van der Waals surface area contributed by atoms with Crippen molar-refractivity contribution in [2.45, 2.75) is 64.5 Å². The highest BCUT2D eigenvalue weighted by Crippen LogP contribution is 2.23. The predicted molar refractivity (Wildman–Crippen MR) is 103 cm³/mol. The van der Waals surface area contributed by atoms with E-state index in [2.05, 4.69) is 27.4 Å². The van der Waals surface area contributed by atoms with Crippen LogP contribution in [0.4, 0.5) is 0 Å². The summed E-state index contributed by atoms with van der Waals surface area (Å²) in [7, 11) is 0.